The molecule has 10 heteroatoms. The van der Waals surface area contributed by atoms with Crippen molar-refractivity contribution in [2.24, 2.45) is 7.05 Å². The normalized spacial score (nSPS) is 14.4. The van der Waals surface area contributed by atoms with Crippen molar-refractivity contribution in [3.8, 4) is 5.75 Å². The molecule has 34 heavy (non-hydrogen) atoms. The molecule has 1 amide bonds. The van der Waals surface area contributed by atoms with Gasteiger partial charge in [0.2, 0.25) is 15.9 Å². The number of aromatic nitrogens is 2. The fraction of sp³-hybridized carbons (Fsp3) is 0.375. The third-order valence-corrected chi connectivity index (χ3v) is 7.78. The highest BCUT2D eigenvalue weighted by Crippen LogP contribution is 2.31. The van der Waals surface area contributed by atoms with E-state index in [0.29, 0.717) is 42.1 Å². The van der Waals surface area contributed by atoms with Gasteiger partial charge >= 0.3 is 0 Å². The zero-order valence-electron chi connectivity index (χ0n) is 19.3. The van der Waals surface area contributed by atoms with Gasteiger partial charge in [-0.15, -0.1) is 0 Å². The number of carbonyl (C=O) groups is 1. The molecule has 1 aliphatic rings. The summed E-state index contributed by atoms with van der Waals surface area (Å²) in [5.74, 6) is 0.460. The van der Waals surface area contributed by atoms with E-state index in [-0.39, 0.29) is 35.0 Å². The minimum atomic E-state index is -3.73. The number of benzene rings is 2. The van der Waals surface area contributed by atoms with Gasteiger partial charge in [0, 0.05) is 38.7 Å². The van der Waals surface area contributed by atoms with Crippen LogP contribution in [0, 0.1) is 0 Å². The summed E-state index contributed by atoms with van der Waals surface area (Å²) in [6, 6.07) is 11.7. The molecule has 0 radical (unpaired) electrons. The van der Waals surface area contributed by atoms with Gasteiger partial charge in [0.15, 0.2) is 0 Å². The highest BCUT2D eigenvalue weighted by Gasteiger charge is 2.30. The summed E-state index contributed by atoms with van der Waals surface area (Å²) in [5.41, 5.74) is 0.792. The maximum Gasteiger partial charge on any atom is 0.261 e. The summed E-state index contributed by atoms with van der Waals surface area (Å²) in [4.78, 5) is 29.8. The van der Waals surface area contributed by atoms with Gasteiger partial charge in [-0.25, -0.2) is 13.4 Å². The highest BCUT2D eigenvalue weighted by atomic mass is 32.2. The lowest BCUT2D eigenvalue weighted by molar-refractivity contribution is -0.116. The molecule has 0 saturated carbocycles. The average molecular weight is 485 g/mol. The molecule has 2 aromatic carbocycles. The quantitative estimate of drug-likeness (QED) is 0.526. The van der Waals surface area contributed by atoms with Crippen LogP contribution in [0.3, 0.4) is 0 Å². The molecule has 4 rings (SSSR count). The van der Waals surface area contributed by atoms with E-state index in [2.05, 4.69) is 10.3 Å². The number of rotatable bonds is 8. The molecular weight excluding hydrogens is 456 g/mol. The van der Waals surface area contributed by atoms with Crippen LogP contribution in [-0.4, -0.2) is 47.9 Å². The Kier molecular flexibility index (Phi) is 6.99. The van der Waals surface area contributed by atoms with Crippen molar-refractivity contribution in [1.82, 2.24) is 13.9 Å². The summed E-state index contributed by atoms with van der Waals surface area (Å²) >= 11 is 0. The van der Waals surface area contributed by atoms with E-state index in [0.717, 1.165) is 12.8 Å². The van der Waals surface area contributed by atoms with Crippen molar-refractivity contribution < 1.29 is 17.9 Å². The van der Waals surface area contributed by atoms with E-state index in [4.69, 9.17) is 4.74 Å². The second-order valence-corrected chi connectivity index (χ2v) is 10.1. The standard InChI is InChI=1S/C24H28N4O5S/c1-3-33-20-11-10-17(16-21(20)34(31,32)28-14-6-7-15-28)25-23(29)13-12-22-26-19-9-5-4-8-18(19)24(30)27(22)2/h4-5,8-11,16H,3,6-7,12-15H2,1-2H3,(H,25,29). The monoisotopic (exact) mass is 484 g/mol. The van der Waals surface area contributed by atoms with Crippen molar-refractivity contribution >= 4 is 32.5 Å². The lowest BCUT2D eigenvalue weighted by atomic mass is 10.2. The molecule has 0 unspecified atom stereocenters. The number of hydrogen-bond donors (Lipinski definition) is 1. The Morgan fingerprint density at radius 2 is 1.88 bits per heavy atom. The van der Waals surface area contributed by atoms with Crippen LogP contribution in [-0.2, 0) is 28.3 Å². The minimum Gasteiger partial charge on any atom is -0.492 e. The van der Waals surface area contributed by atoms with Crippen LogP contribution in [0.25, 0.3) is 10.9 Å². The number of anilines is 1. The van der Waals surface area contributed by atoms with Gasteiger partial charge in [0.25, 0.3) is 5.56 Å². The fourth-order valence-electron chi connectivity index (χ4n) is 4.07. The Labute approximate surface area is 198 Å². The number of para-hydroxylation sites is 1. The van der Waals surface area contributed by atoms with Crippen molar-refractivity contribution in [3.05, 3.63) is 58.6 Å². The maximum atomic E-state index is 13.1. The van der Waals surface area contributed by atoms with Crippen LogP contribution >= 0.6 is 0 Å². The molecule has 9 nitrogen and oxygen atoms in total. The first-order chi connectivity index (χ1) is 16.3. The Balaban J connectivity index is 1.52. The van der Waals surface area contributed by atoms with E-state index in [9.17, 15) is 18.0 Å². The summed E-state index contributed by atoms with van der Waals surface area (Å²) in [6.07, 6.45) is 1.99. The number of fused-ring (bicyclic) bond motifs is 1. The topological polar surface area (TPSA) is 111 Å². The number of nitrogens with one attached hydrogen (secondary N) is 1. The summed E-state index contributed by atoms with van der Waals surface area (Å²) in [5, 5.41) is 3.29. The van der Waals surface area contributed by atoms with Gasteiger partial charge < -0.3 is 10.1 Å². The number of sulfonamides is 1. The van der Waals surface area contributed by atoms with Gasteiger partial charge in [-0.3, -0.25) is 14.2 Å². The van der Waals surface area contributed by atoms with Crippen molar-refractivity contribution in [2.45, 2.75) is 37.5 Å². The molecular formula is C24H28N4O5S. The molecule has 2 heterocycles. The predicted octanol–water partition coefficient (Wildman–Crippen LogP) is 2.69. The first kappa shape index (κ1) is 23.9. The number of amides is 1. The highest BCUT2D eigenvalue weighted by molar-refractivity contribution is 7.89. The number of hydrogen-bond acceptors (Lipinski definition) is 6. The second kappa shape index (κ2) is 9.94. The summed E-state index contributed by atoms with van der Waals surface area (Å²) < 4.78 is 34.7. The van der Waals surface area contributed by atoms with Crippen molar-refractivity contribution in [3.63, 3.8) is 0 Å². The third kappa shape index (κ3) is 4.83. The van der Waals surface area contributed by atoms with E-state index in [1.54, 1.807) is 44.3 Å². The number of ether oxygens (including phenoxy) is 1. The molecule has 1 saturated heterocycles. The van der Waals surface area contributed by atoms with Gasteiger partial charge in [0.1, 0.15) is 16.5 Å². The molecule has 0 bridgehead atoms. The minimum absolute atomic E-state index is 0.0487. The smallest absolute Gasteiger partial charge is 0.261 e. The first-order valence-electron chi connectivity index (χ1n) is 11.3. The fourth-order valence-corrected chi connectivity index (χ4v) is 5.74. The number of aryl methyl sites for hydroxylation is 1. The van der Waals surface area contributed by atoms with E-state index < -0.39 is 10.0 Å². The number of nitrogens with zero attached hydrogens (tertiary/aromatic N) is 3. The van der Waals surface area contributed by atoms with Gasteiger partial charge in [-0.1, -0.05) is 12.1 Å². The molecule has 0 atom stereocenters. The molecule has 1 N–H and O–H groups in total. The zero-order valence-corrected chi connectivity index (χ0v) is 20.1. The van der Waals surface area contributed by atoms with E-state index in [1.807, 2.05) is 6.07 Å². The summed E-state index contributed by atoms with van der Waals surface area (Å²) in [7, 11) is -2.09. The lowest BCUT2D eigenvalue weighted by Crippen LogP contribution is -2.28. The lowest BCUT2D eigenvalue weighted by Gasteiger charge is -2.19. The predicted molar refractivity (Wildman–Crippen MR) is 130 cm³/mol. The molecule has 1 fully saturated rings. The molecule has 1 aliphatic heterocycles. The van der Waals surface area contributed by atoms with Gasteiger partial charge in [-0.2, -0.15) is 4.31 Å². The van der Waals surface area contributed by atoms with Gasteiger partial charge in [0.05, 0.1) is 17.5 Å². The molecule has 0 spiro atoms. The van der Waals surface area contributed by atoms with Crippen LogP contribution < -0.4 is 15.6 Å². The molecule has 0 aliphatic carbocycles. The maximum absolute atomic E-state index is 13.1. The Morgan fingerprint density at radius 1 is 1.15 bits per heavy atom. The third-order valence-electron chi connectivity index (χ3n) is 5.86. The Hall–Kier alpha value is -3.24. The molecule has 3 aromatic rings. The van der Waals surface area contributed by atoms with Gasteiger partial charge in [-0.05, 0) is 50.1 Å². The Bertz CT molecular complexity index is 1380. The van der Waals surface area contributed by atoms with Crippen LogP contribution in [0.2, 0.25) is 0 Å². The SMILES string of the molecule is CCOc1ccc(NC(=O)CCc2nc3ccccc3c(=O)n2C)cc1S(=O)(=O)N1CCCC1. The Morgan fingerprint density at radius 3 is 2.62 bits per heavy atom. The zero-order chi connectivity index (χ0) is 24.3. The van der Waals surface area contributed by atoms with Crippen LogP contribution in [0.1, 0.15) is 32.0 Å². The van der Waals surface area contributed by atoms with E-state index in [1.165, 1.54) is 14.9 Å². The van der Waals surface area contributed by atoms with Crippen LogP contribution in [0.5, 0.6) is 5.75 Å². The largest absolute Gasteiger partial charge is 0.492 e. The first-order valence-corrected chi connectivity index (χ1v) is 12.8. The second-order valence-electron chi connectivity index (χ2n) is 8.16. The molecule has 180 valence electrons. The van der Waals surface area contributed by atoms with Crippen LogP contribution in [0.4, 0.5) is 5.69 Å². The van der Waals surface area contributed by atoms with Crippen LogP contribution in [0.15, 0.2) is 52.2 Å². The molecule has 1 aromatic heterocycles. The average Bonchev–Trinajstić information content (AvgIpc) is 3.38. The van der Waals surface area contributed by atoms with Crippen molar-refractivity contribution in [1.29, 1.82) is 0 Å². The van der Waals surface area contributed by atoms with E-state index >= 15 is 0 Å². The number of carbonyl (C=O) groups excluding carboxylic acids is 1. The summed E-state index contributed by atoms with van der Waals surface area (Å²) in [6.45, 7) is 3.06. The van der Waals surface area contributed by atoms with Crippen molar-refractivity contribution in [2.75, 3.05) is 25.0 Å².